The molecule has 9 heavy (non-hydrogen) atoms. The van der Waals surface area contributed by atoms with E-state index in [2.05, 4.69) is 6.58 Å². The van der Waals surface area contributed by atoms with E-state index in [-0.39, 0.29) is 0 Å². The second-order valence-corrected chi connectivity index (χ2v) is 2.39. The van der Waals surface area contributed by atoms with E-state index in [4.69, 9.17) is 5.41 Å². The van der Waals surface area contributed by atoms with Crippen molar-refractivity contribution in [2.45, 2.75) is 12.8 Å². The molecule has 1 N–H and O–H groups in total. The summed E-state index contributed by atoms with van der Waals surface area (Å²) in [6.45, 7) is 3.82. The molecule has 1 aliphatic carbocycles. The second kappa shape index (κ2) is 2.62. The van der Waals surface area contributed by atoms with Crippen molar-refractivity contribution in [3.05, 3.63) is 24.3 Å². The first-order chi connectivity index (χ1) is 4.33. The Hall–Kier alpha value is -0.850. The Bertz CT molecular complexity index is 156. The highest BCUT2D eigenvalue weighted by Crippen LogP contribution is 2.17. The predicted molar refractivity (Wildman–Crippen MR) is 39.8 cm³/mol. The Labute approximate surface area is 55.6 Å². The molecule has 0 aromatic carbocycles. The fraction of sp³-hybridized carbons (Fsp3) is 0.375. The average molecular weight is 121 g/mol. The van der Waals surface area contributed by atoms with E-state index < -0.39 is 0 Å². The number of rotatable bonds is 1. The highest BCUT2D eigenvalue weighted by molar-refractivity contribution is 5.60. The molecule has 0 heterocycles. The molecule has 1 unspecified atom stereocenters. The van der Waals surface area contributed by atoms with Gasteiger partial charge < -0.3 is 5.41 Å². The van der Waals surface area contributed by atoms with E-state index in [1.54, 1.807) is 0 Å². The summed E-state index contributed by atoms with van der Waals surface area (Å²) >= 11 is 0. The largest absolute Gasteiger partial charge is 0.312 e. The Morgan fingerprint density at radius 2 is 2.56 bits per heavy atom. The number of hydrogen-bond donors (Lipinski definition) is 1. The van der Waals surface area contributed by atoms with Gasteiger partial charge in [-0.3, -0.25) is 0 Å². The monoisotopic (exact) mass is 121 g/mol. The second-order valence-electron chi connectivity index (χ2n) is 2.39. The van der Waals surface area contributed by atoms with Crippen LogP contribution in [0.25, 0.3) is 0 Å². The van der Waals surface area contributed by atoms with Crippen molar-refractivity contribution in [3.8, 4) is 0 Å². The van der Waals surface area contributed by atoms with Gasteiger partial charge >= 0.3 is 0 Å². The highest BCUT2D eigenvalue weighted by Gasteiger charge is 2.05. The third-order valence-corrected chi connectivity index (χ3v) is 1.59. The summed E-state index contributed by atoms with van der Waals surface area (Å²) in [5, 5.41) is 6.96. The van der Waals surface area contributed by atoms with Crippen LogP contribution in [0.2, 0.25) is 0 Å². The molecule has 0 saturated carbocycles. The molecule has 0 radical (unpaired) electrons. The van der Waals surface area contributed by atoms with E-state index >= 15 is 0 Å². The van der Waals surface area contributed by atoms with Crippen LogP contribution in [0.4, 0.5) is 0 Å². The summed E-state index contributed by atoms with van der Waals surface area (Å²) in [5.41, 5.74) is 1.19. The molecule has 1 nitrogen and oxygen atoms in total. The van der Waals surface area contributed by atoms with Crippen LogP contribution in [0, 0.1) is 11.3 Å². The van der Waals surface area contributed by atoms with Gasteiger partial charge in [0.1, 0.15) is 0 Å². The fourth-order valence-electron chi connectivity index (χ4n) is 0.930. The minimum atomic E-state index is 0.371. The minimum absolute atomic E-state index is 0.371. The van der Waals surface area contributed by atoms with Crippen molar-refractivity contribution in [2.75, 3.05) is 0 Å². The van der Waals surface area contributed by atoms with Crippen LogP contribution in [-0.4, -0.2) is 6.21 Å². The zero-order valence-electron chi connectivity index (χ0n) is 5.43. The van der Waals surface area contributed by atoms with Crippen molar-refractivity contribution in [1.29, 1.82) is 5.41 Å². The Balaban J connectivity index is 2.57. The quantitative estimate of drug-likeness (QED) is 0.514. The van der Waals surface area contributed by atoms with Crippen LogP contribution in [-0.2, 0) is 0 Å². The summed E-state index contributed by atoms with van der Waals surface area (Å²) in [6.07, 6.45) is 7.66. The molecule has 0 aromatic heterocycles. The number of hydrogen-bond acceptors (Lipinski definition) is 1. The summed E-state index contributed by atoms with van der Waals surface area (Å²) in [6, 6.07) is 0. The first-order valence-corrected chi connectivity index (χ1v) is 3.19. The van der Waals surface area contributed by atoms with Gasteiger partial charge in [-0.05, 0) is 12.8 Å². The predicted octanol–water partition coefficient (Wildman–Crippen LogP) is 2.16. The molecule has 0 bridgehead atoms. The number of nitrogens with one attached hydrogen (secondary N) is 1. The standard InChI is InChI=1S/C8H11N/c1-7-2-4-8(6-9)5-3-7/h2,4,6,8-9H,1,3,5H2. The van der Waals surface area contributed by atoms with E-state index in [0.717, 1.165) is 12.8 Å². The van der Waals surface area contributed by atoms with E-state index in [9.17, 15) is 0 Å². The van der Waals surface area contributed by atoms with E-state index in [1.807, 2.05) is 12.2 Å². The van der Waals surface area contributed by atoms with Crippen LogP contribution >= 0.6 is 0 Å². The maximum atomic E-state index is 6.96. The lowest BCUT2D eigenvalue weighted by atomic mass is 9.94. The minimum Gasteiger partial charge on any atom is -0.312 e. The fourth-order valence-corrected chi connectivity index (χ4v) is 0.930. The van der Waals surface area contributed by atoms with Gasteiger partial charge in [-0.2, -0.15) is 0 Å². The van der Waals surface area contributed by atoms with Gasteiger partial charge in [0, 0.05) is 12.1 Å². The van der Waals surface area contributed by atoms with Crippen LogP contribution in [0.5, 0.6) is 0 Å². The lowest BCUT2D eigenvalue weighted by molar-refractivity contribution is 0.731. The molecule has 48 valence electrons. The SMILES string of the molecule is C=C1C=CC(C=N)CC1. The summed E-state index contributed by atoms with van der Waals surface area (Å²) in [4.78, 5) is 0. The lowest BCUT2D eigenvalue weighted by Gasteiger charge is -2.11. The van der Waals surface area contributed by atoms with Crippen molar-refractivity contribution in [2.24, 2.45) is 5.92 Å². The first kappa shape index (κ1) is 6.27. The maximum Gasteiger partial charge on any atom is 0.0121 e. The van der Waals surface area contributed by atoms with Crippen molar-refractivity contribution >= 4 is 6.21 Å². The smallest absolute Gasteiger partial charge is 0.0121 e. The third-order valence-electron chi connectivity index (χ3n) is 1.59. The molecule has 0 aromatic rings. The summed E-state index contributed by atoms with van der Waals surface area (Å²) in [5.74, 6) is 0.371. The van der Waals surface area contributed by atoms with Crippen LogP contribution in [0.15, 0.2) is 24.3 Å². The van der Waals surface area contributed by atoms with Crippen molar-refractivity contribution < 1.29 is 0 Å². The van der Waals surface area contributed by atoms with Gasteiger partial charge in [0.2, 0.25) is 0 Å². The molecule has 1 rings (SSSR count). The van der Waals surface area contributed by atoms with Crippen LogP contribution < -0.4 is 0 Å². The molecular weight excluding hydrogens is 110 g/mol. The third kappa shape index (κ3) is 1.53. The highest BCUT2D eigenvalue weighted by atomic mass is 14.3. The van der Waals surface area contributed by atoms with Gasteiger partial charge in [0.15, 0.2) is 0 Å². The lowest BCUT2D eigenvalue weighted by Crippen LogP contribution is -2.01. The molecule has 1 aliphatic rings. The first-order valence-electron chi connectivity index (χ1n) is 3.19. The molecule has 1 atom stereocenters. The molecule has 0 fully saturated rings. The molecule has 0 saturated heterocycles. The summed E-state index contributed by atoms with van der Waals surface area (Å²) in [7, 11) is 0. The zero-order valence-corrected chi connectivity index (χ0v) is 5.43. The van der Waals surface area contributed by atoms with Crippen molar-refractivity contribution in [1.82, 2.24) is 0 Å². The van der Waals surface area contributed by atoms with Gasteiger partial charge in [0.25, 0.3) is 0 Å². The maximum absolute atomic E-state index is 6.96. The molecular formula is C8H11N. The molecule has 0 spiro atoms. The molecule has 1 heteroatoms. The molecule has 0 amide bonds. The number of allylic oxidation sites excluding steroid dienone is 3. The Morgan fingerprint density at radius 1 is 1.78 bits per heavy atom. The van der Waals surface area contributed by atoms with Gasteiger partial charge in [-0.15, -0.1) is 0 Å². The van der Waals surface area contributed by atoms with Gasteiger partial charge in [0.05, 0.1) is 0 Å². The Morgan fingerprint density at radius 3 is 3.00 bits per heavy atom. The zero-order chi connectivity index (χ0) is 6.69. The van der Waals surface area contributed by atoms with E-state index in [1.165, 1.54) is 11.8 Å². The normalized spacial score (nSPS) is 26.2. The topological polar surface area (TPSA) is 23.9 Å². The van der Waals surface area contributed by atoms with E-state index in [0.29, 0.717) is 5.92 Å². The molecule has 0 aliphatic heterocycles. The summed E-state index contributed by atoms with van der Waals surface area (Å²) < 4.78 is 0. The van der Waals surface area contributed by atoms with Gasteiger partial charge in [-0.25, -0.2) is 0 Å². The average Bonchev–Trinajstić information content (AvgIpc) is 1.90. The van der Waals surface area contributed by atoms with Crippen LogP contribution in [0.1, 0.15) is 12.8 Å². The Kier molecular flexibility index (Phi) is 1.83. The van der Waals surface area contributed by atoms with Crippen LogP contribution in [0.3, 0.4) is 0 Å². The van der Waals surface area contributed by atoms with Gasteiger partial charge in [-0.1, -0.05) is 24.3 Å². The van der Waals surface area contributed by atoms with Crippen molar-refractivity contribution in [3.63, 3.8) is 0 Å².